The second-order valence-corrected chi connectivity index (χ2v) is 3.89. The Morgan fingerprint density at radius 1 is 1.18 bits per heavy atom. The minimum absolute atomic E-state index is 0.488. The molecule has 0 saturated heterocycles. The van der Waals surface area contributed by atoms with E-state index in [0.717, 1.165) is 18.6 Å². The summed E-state index contributed by atoms with van der Waals surface area (Å²) in [6, 6.07) is 3.67. The van der Waals surface area contributed by atoms with Gasteiger partial charge in [-0.05, 0) is 24.1 Å². The molecule has 96 valence electrons. The van der Waals surface area contributed by atoms with Gasteiger partial charge in [0, 0.05) is 26.5 Å². The highest BCUT2D eigenvalue weighted by Crippen LogP contribution is 2.07. The number of rotatable bonds is 9. The maximum Gasteiger partial charge on any atom is 0.129 e. The number of nitrogens with zero attached hydrogens (tertiary/aromatic N) is 1. The predicted octanol–water partition coefficient (Wildman–Crippen LogP) is 2.30. The molecular formula is C12H18ClNO3. The van der Waals surface area contributed by atoms with Crippen LogP contribution in [0.2, 0.25) is 5.15 Å². The molecule has 0 aliphatic rings. The molecule has 17 heavy (non-hydrogen) atoms. The highest BCUT2D eigenvalue weighted by atomic mass is 35.5. The van der Waals surface area contributed by atoms with Gasteiger partial charge in [-0.15, -0.1) is 0 Å². The fraction of sp³-hybridized carbons (Fsp3) is 0.583. The van der Waals surface area contributed by atoms with Gasteiger partial charge in [0.2, 0.25) is 0 Å². The van der Waals surface area contributed by atoms with Gasteiger partial charge in [0.1, 0.15) is 5.15 Å². The van der Waals surface area contributed by atoms with Crippen molar-refractivity contribution in [2.45, 2.75) is 13.0 Å². The molecule has 0 aromatic carbocycles. The number of hydrogen-bond acceptors (Lipinski definition) is 4. The number of ether oxygens (including phenoxy) is 3. The van der Waals surface area contributed by atoms with E-state index < -0.39 is 0 Å². The zero-order valence-corrected chi connectivity index (χ0v) is 10.8. The van der Waals surface area contributed by atoms with Crippen LogP contribution in [0.1, 0.15) is 12.0 Å². The number of halogens is 1. The smallest absolute Gasteiger partial charge is 0.129 e. The third-order valence-electron chi connectivity index (χ3n) is 2.07. The summed E-state index contributed by atoms with van der Waals surface area (Å²) in [5.74, 6) is 0. The predicted molar refractivity (Wildman–Crippen MR) is 66.2 cm³/mol. The number of methoxy groups -OCH3 is 1. The summed E-state index contributed by atoms with van der Waals surface area (Å²) < 4.78 is 15.7. The van der Waals surface area contributed by atoms with E-state index in [1.54, 1.807) is 19.4 Å². The summed E-state index contributed by atoms with van der Waals surface area (Å²) >= 11 is 5.75. The third kappa shape index (κ3) is 7.28. The Morgan fingerprint density at radius 3 is 2.76 bits per heavy atom. The first kappa shape index (κ1) is 14.4. The van der Waals surface area contributed by atoms with Crippen LogP contribution in [-0.2, 0) is 20.8 Å². The summed E-state index contributed by atoms with van der Waals surface area (Å²) in [7, 11) is 1.68. The highest BCUT2D eigenvalue weighted by molar-refractivity contribution is 6.29. The zero-order valence-electron chi connectivity index (χ0n) is 10.0. The molecule has 4 nitrogen and oxygen atoms in total. The number of aromatic nitrogens is 1. The minimum atomic E-state index is 0.488. The molecule has 0 atom stereocenters. The molecule has 0 N–H and O–H groups in total. The first-order valence-corrected chi connectivity index (χ1v) is 5.95. The first-order chi connectivity index (χ1) is 8.33. The van der Waals surface area contributed by atoms with Crippen LogP contribution < -0.4 is 0 Å². The lowest BCUT2D eigenvalue weighted by molar-refractivity contribution is 0.0337. The van der Waals surface area contributed by atoms with Crippen LogP contribution in [0.25, 0.3) is 0 Å². The van der Waals surface area contributed by atoms with E-state index in [9.17, 15) is 0 Å². The summed E-state index contributed by atoms with van der Waals surface area (Å²) in [6.45, 7) is 3.15. The second kappa shape index (κ2) is 9.36. The van der Waals surface area contributed by atoms with Gasteiger partial charge in [-0.1, -0.05) is 11.6 Å². The van der Waals surface area contributed by atoms with Gasteiger partial charge in [-0.25, -0.2) is 4.98 Å². The number of pyridine rings is 1. The van der Waals surface area contributed by atoms with Crippen LogP contribution >= 0.6 is 11.6 Å². The van der Waals surface area contributed by atoms with E-state index in [1.807, 2.05) is 6.07 Å². The van der Waals surface area contributed by atoms with Crippen molar-refractivity contribution in [2.75, 3.05) is 33.5 Å². The van der Waals surface area contributed by atoms with Crippen LogP contribution in [0, 0.1) is 0 Å². The van der Waals surface area contributed by atoms with Gasteiger partial charge < -0.3 is 14.2 Å². The van der Waals surface area contributed by atoms with E-state index in [1.165, 1.54) is 0 Å². The van der Waals surface area contributed by atoms with Gasteiger partial charge in [0.15, 0.2) is 0 Å². The molecule has 1 aromatic rings. The average Bonchev–Trinajstić information content (AvgIpc) is 2.33. The van der Waals surface area contributed by atoms with Crippen LogP contribution in [-0.4, -0.2) is 38.5 Å². The topological polar surface area (TPSA) is 40.6 Å². The van der Waals surface area contributed by atoms with E-state index in [-0.39, 0.29) is 0 Å². The van der Waals surface area contributed by atoms with Crippen LogP contribution in [0.5, 0.6) is 0 Å². The molecule has 0 amide bonds. The van der Waals surface area contributed by atoms with Crippen molar-refractivity contribution in [1.29, 1.82) is 0 Å². The molecule has 0 bridgehead atoms. The fourth-order valence-electron chi connectivity index (χ4n) is 1.25. The molecule has 1 aromatic heterocycles. The van der Waals surface area contributed by atoms with E-state index in [2.05, 4.69) is 4.98 Å². The normalized spacial score (nSPS) is 10.7. The van der Waals surface area contributed by atoms with E-state index >= 15 is 0 Å². The molecule has 0 aliphatic heterocycles. The lowest BCUT2D eigenvalue weighted by Crippen LogP contribution is -2.06. The summed E-state index contributed by atoms with van der Waals surface area (Å²) in [4.78, 5) is 3.90. The van der Waals surface area contributed by atoms with Crippen LogP contribution in [0.3, 0.4) is 0 Å². The number of hydrogen-bond donors (Lipinski definition) is 0. The molecule has 0 fully saturated rings. The van der Waals surface area contributed by atoms with Gasteiger partial charge in [0.05, 0.1) is 19.8 Å². The van der Waals surface area contributed by atoms with Crippen molar-refractivity contribution in [1.82, 2.24) is 4.98 Å². The Labute approximate surface area is 107 Å². The Kier molecular flexibility index (Phi) is 7.92. The van der Waals surface area contributed by atoms with Crippen molar-refractivity contribution in [3.05, 3.63) is 29.0 Å². The molecule has 1 rings (SSSR count). The molecule has 0 unspecified atom stereocenters. The van der Waals surface area contributed by atoms with Crippen LogP contribution in [0.15, 0.2) is 18.3 Å². The van der Waals surface area contributed by atoms with E-state index in [0.29, 0.717) is 31.6 Å². The van der Waals surface area contributed by atoms with Gasteiger partial charge in [-0.3, -0.25) is 0 Å². The van der Waals surface area contributed by atoms with E-state index in [4.69, 9.17) is 25.8 Å². The lowest BCUT2D eigenvalue weighted by Gasteiger charge is -2.05. The molecule has 0 aliphatic carbocycles. The maximum atomic E-state index is 5.75. The van der Waals surface area contributed by atoms with Crippen LogP contribution in [0.4, 0.5) is 0 Å². The largest absolute Gasteiger partial charge is 0.385 e. The average molecular weight is 260 g/mol. The zero-order chi connectivity index (χ0) is 12.3. The monoisotopic (exact) mass is 259 g/mol. The van der Waals surface area contributed by atoms with Crippen molar-refractivity contribution in [2.24, 2.45) is 0 Å². The molecule has 0 saturated carbocycles. The summed E-state index contributed by atoms with van der Waals surface area (Å²) in [6.07, 6.45) is 2.58. The Hall–Kier alpha value is -0.680. The van der Waals surface area contributed by atoms with Crippen molar-refractivity contribution in [3.63, 3.8) is 0 Å². The summed E-state index contributed by atoms with van der Waals surface area (Å²) in [5.41, 5.74) is 1.02. The highest BCUT2D eigenvalue weighted by Gasteiger charge is 1.95. The fourth-order valence-corrected chi connectivity index (χ4v) is 1.44. The molecule has 0 radical (unpaired) electrons. The summed E-state index contributed by atoms with van der Waals surface area (Å²) in [5, 5.41) is 0.488. The quantitative estimate of drug-likeness (QED) is 0.504. The van der Waals surface area contributed by atoms with Gasteiger partial charge in [0.25, 0.3) is 0 Å². The Morgan fingerprint density at radius 2 is 2.00 bits per heavy atom. The first-order valence-electron chi connectivity index (χ1n) is 5.58. The molecule has 0 spiro atoms. The maximum absolute atomic E-state index is 5.75. The van der Waals surface area contributed by atoms with Crippen molar-refractivity contribution >= 4 is 11.6 Å². The SMILES string of the molecule is COCCCOCCOCc1ccnc(Cl)c1. The Bertz CT molecular complexity index is 310. The molecule has 1 heterocycles. The lowest BCUT2D eigenvalue weighted by atomic mass is 10.3. The van der Waals surface area contributed by atoms with Crippen molar-refractivity contribution < 1.29 is 14.2 Å². The second-order valence-electron chi connectivity index (χ2n) is 3.50. The standard InChI is InChI=1S/C12H18ClNO3/c1-15-5-2-6-16-7-8-17-10-11-3-4-14-12(13)9-11/h3-4,9H,2,5-8,10H2,1H3. The Balaban J connectivity index is 1.97. The molecular weight excluding hydrogens is 242 g/mol. The molecule has 5 heteroatoms. The van der Waals surface area contributed by atoms with Gasteiger partial charge in [-0.2, -0.15) is 0 Å². The van der Waals surface area contributed by atoms with Gasteiger partial charge >= 0.3 is 0 Å². The third-order valence-corrected chi connectivity index (χ3v) is 2.28. The van der Waals surface area contributed by atoms with Crippen molar-refractivity contribution in [3.8, 4) is 0 Å². The minimum Gasteiger partial charge on any atom is -0.385 e.